The number of carbonyl (C=O) groups is 1. The van der Waals surface area contributed by atoms with Gasteiger partial charge in [0.1, 0.15) is 5.03 Å². The molecule has 0 aliphatic carbocycles. The third kappa shape index (κ3) is 2.54. The second-order valence-corrected chi connectivity index (χ2v) is 4.85. The number of rotatable bonds is 3. The number of carboxylic acid groups (broad SMARTS) is 1. The van der Waals surface area contributed by atoms with Gasteiger partial charge in [-0.3, -0.25) is 0 Å². The molecular formula is C9H6N2O2S2. The molecule has 2 aromatic rings. The molecule has 0 saturated heterocycles. The van der Waals surface area contributed by atoms with Crippen LogP contribution in [0.2, 0.25) is 0 Å². The van der Waals surface area contributed by atoms with E-state index in [9.17, 15) is 4.79 Å². The fraction of sp³-hybridized carbons (Fsp3) is 0. The molecule has 0 radical (unpaired) electrons. The second kappa shape index (κ2) is 4.41. The van der Waals surface area contributed by atoms with Crippen molar-refractivity contribution in [1.29, 1.82) is 0 Å². The lowest BCUT2D eigenvalue weighted by Gasteiger charge is -1.97. The zero-order valence-corrected chi connectivity index (χ0v) is 9.09. The lowest BCUT2D eigenvalue weighted by Crippen LogP contribution is -2.00. The predicted molar refractivity (Wildman–Crippen MR) is 57.4 cm³/mol. The summed E-state index contributed by atoms with van der Waals surface area (Å²) in [6.07, 6.45) is 2.73. The zero-order valence-electron chi connectivity index (χ0n) is 7.45. The van der Waals surface area contributed by atoms with Gasteiger partial charge in [-0.25, -0.2) is 14.8 Å². The van der Waals surface area contributed by atoms with E-state index in [1.165, 1.54) is 24.2 Å². The Balaban J connectivity index is 2.14. The molecule has 2 heterocycles. The van der Waals surface area contributed by atoms with Crippen LogP contribution >= 0.6 is 23.1 Å². The van der Waals surface area contributed by atoms with E-state index >= 15 is 0 Å². The Morgan fingerprint density at radius 2 is 2.27 bits per heavy atom. The van der Waals surface area contributed by atoms with Crippen molar-refractivity contribution in [2.24, 2.45) is 0 Å². The third-order valence-corrected chi connectivity index (χ3v) is 3.51. The largest absolute Gasteiger partial charge is 0.476 e. The first-order chi connectivity index (χ1) is 7.25. The Morgan fingerprint density at radius 1 is 1.40 bits per heavy atom. The van der Waals surface area contributed by atoms with Gasteiger partial charge in [0, 0.05) is 0 Å². The van der Waals surface area contributed by atoms with Gasteiger partial charge in [-0.05, 0) is 11.4 Å². The van der Waals surface area contributed by atoms with Crippen LogP contribution in [0.15, 0.2) is 39.1 Å². The van der Waals surface area contributed by atoms with Crippen molar-refractivity contribution >= 4 is 29.1 Å². The lowest BCUT2D eigenvalue weighted by molar-refractivity contribution is 0.0689. The first-order valence-corrected chi connectivity index (χ1v) is 5.72. The Bertz CT molecular complexity index is 453. The van der Waals surface area contributed by atoms with E-state index in [1.54, 1.807) is 11.3 Å². The van der Waals surface area contributed by atoms with Crippen molar-refractivity contribution in [2.75, 3.05) is 0 Å². The third-order valence-electron chi connectivity index (χ3n) is 1.55. The van der Waals surface area contributed by atoms with Crippen LogP contribution in [0, 0.1) is 0 Å². The van der Waals surface area contributed by atoms with Crippen molar-refractivity contribution < 1.29 is 9.90 Å². The average molecular weight is 238 g/mol. The lowest BCUT2D eigenvalue weighted by atomic mass is 10.5. The highest BCUT2D eigenvalue weighted by Gasteiger charge is 2.05. The maximum Gasteiger partial charge on any atom is 0.356 e. The molecule has 0 aromatic carbocycles. The Hall–Kier alpha value is -1.40. The van der Waals surface area contributed by atoms with Crippen LogP contribution in [-0.4, -0.2) is 21.0 Å². The number of hydrogen-bond donors (Lipinski definition) is 1. The molecule has 0 atom stereocenters. The molecule has 0 fully saturated rings. The highest BCUT2D eigenvalue weighted by atomic mass is 32.2. The van der Waals surface area contributed by atoms with Gasteiger partial charge in [0.2, 0.25) is 0 Å². The van der Waals surface area contributed by atoms with Gasteiger partial charge in [0.05, 0.1) is 16.6 Å². The molecule has 0 saturated carbocycles. The first-order valence-electron chi connectivity index (χ1n) is 4.02. The van der Waals surface area contributed by atoms with Crippen LogP contribution < -0.4 is 0 Å². The molecular weight excluding hydrogens is 232 g/mol. The molecule has 76 valence electrons. The number of nitrogens with zero attached hydrogens (tertiary/aromatic N) is 2. The monoisotopic (exact) mass is 238 g/mol. The maximum atomic E-state index is 10.5. The van der Waals surface area contributed by atoms with Crippen LogP contribution in [0.25, 0.3) is 0 Å². The molecule has 15 heavy (non-hydrogen) atoms. The SMILES string of the molecule is O=C(O)c1cnc(Sc2cccs2)cn1. The van der Waals surface area contributed by atoms with Crippen molar-refractivity contribution in [3.05, 3.63) is 35.6 Å². The number of thiophene rings is 1. The molecule has 1 N–H and O–H groups in total. The summed E-state index contributed by atoms with van der Waals surface area (Å²) in [6, 6.07) is 3.92. The van der Waals surface area contributed by atoms with E-state index in [0.717, 1.165) is 4.21 Å². The summed E-state index contributed by atoms with van der Waals surface area (Å²) in [5.41, 5.74) is -0.0365. The van der Waals surface area contributed by atoms with Crippen LogP contribution in [0.4, 0.5) is 0 Å². The minimum absolute atomic E-state index is 0.0365. The van der Waals surface area contributed by atoms with Gasteiger partial charge in [0.15, 0.2) is 5.69 Å². The standard InChI is InChI=1S/C9H6N2O2S2/c12-9(13)6-4-11-7(5-10-6)15-8-2-1-3-14-8/h1-5H,(H,12,13). The Kier molecular flexibility index (Phi) is 2.98. The Labute approximate surface area is 94.0 Å². The van der Waals surface area contributed by atoms with E-state index in [1.807, 2.05) is 17.5 Å². The summed E-state index contributed by atoms with van der Waals surface area (Å²) in [5.74, 6) is -1.06. The normalized spacial score (nSPS) is 10.1. The molecule has 0 aliphatic rings. The fourth-order valence-corrected chi connectivity index (χ4v) is 2.53. The minimum Gasteiger partial charge on any atom is -0.476 e. The van der Waals surface area contributed by atoms with Crippen LogP contribution in [0.5, 0.6) is 0 Å². The van der Waals surface area contributed by atoms with Crippen molar-refractivity contribution in [3.8, 4) is 0 Å². The molecule has 6 heteroatoms. The predicted octanol–water partition coefficient (Wildman–Crippen LogP) is 2.39. The molecule has 0 amide bonds. The average Bonchev–Trinajstić information content (AvgIpc) is 2.71. The molecule has 2 rings (SSSR count). The number of aromatic nitrogens is 2. The summed E-state index contributed by atoms with van der Waals surface area (Å²) in [4.78, 5) is 18.3. The van der Waals surface area contributed by atoms with E-state index in [-0.39, 0.29) is 5.69 Å². The summed E-state index contributed by atoms with van der Waals surface area (Å²) >= 11 is 3.07. The van der Waals surface area contributed by atoms with Crippen molar-refractivity contribution in [1.82, 2.24) is 9.97 Å². The smallest absolute Gasteiger partial charge is 0.356 e. The Morgan fingerprint density at radius 3 is 2.80 bits per heavy atom. The van der Waals surface area contributed by atoms with Gasteiger partial charge in [-0.15, -0.1) is 11.3 Å². The number of aromatic carboxylic acids is 1. The highest BCUT2D eigenvalue weighted by Crippen LogP contribution is 2.29. The van der Waals surface area contributed by atoms with E-state index in [2.05, 4.69) is 9.97 Å². The van der Waals surface area contributed by atoms with Crippen molar-refractivity contribution in [3.63, 3.8) is 0 Å². The fourth-order valence-electron chi connectivity index (χ4n) is 0.904. The molecule has 0 unspecified atom stereocenters. The summed E-state index contributed by atoms with van der Waals surface area (Å²) < 4.78 is 1.10. The molecule has 2 aromatic heterocycles. The molecule has 0 spiro atoms. The van der Waals surface area contributed by atoms with Crippen LogP contribution in [0.1, 0.15) is 10.5 Å². The van der Waals surface area contributed by atoms with Gasteiger partial charge >= 0.3 is 5.97 Å². The minimum atomic E-state index is -1.06. The summed E-state index contributed by atoms with van der Waals surface area (Å²) in [6.45, 7) is 0. The van der Waals surface area contributed by atoms with E-state index in [4.69, 9.17) is 5.11 Å². The van der Waals surface area contributed by atoms with Gasteiger partial charge in [-0.2, -0.15) is 0 Å². The van der Waals surface area contributed by atoms with Crippen LogP contribution in [-0.2, 0) is 0 Å². The highest BCUT2D eigenvalue weighted by molar-refractivity contribution is 8.01. The van der Waals surface area contributed by atoms with Crippen molar-refractivity contribution in [2.45, 2.75) is 9.24 Å². The number of carboxylic acids is 1. The van der Waals surface area contributed by atoms with E-state index in [0.29, 0.717) is 5.03 Å². The quantitative estimate of drug-likeness (QED) is 0.889. The second-order valence-electron chi connectivity index (χ2n) is 2.58. The summed E-state index contributed by atoms with van der Waals surface area (Å²) in [7, 11) is 0. The van der Waals surface area contributed by atoms with Crippen LogP contribution in [0.3, 0.4) is 0 Å². The first kappa shape index (κ1) is 10.1. The van der Waals surface area contributed by atoms with E-state index < -0.39 is 5.97 Å². The van der Waals surface area contributed by atoms with Gasteiger partial charge in [-0.1, -0.05) is 17.8 Å². The maximum absolute atomic E-state index is 10.5. The summed E-state index contributed by atoms with van der Waals surface area (Å²) in [5, 5.41) is 11.3. The zero-order chi connectivity index (χ0) is 10.7. The van der Waals surface area contributed by atoms with Gasteiger partial charge in [0.25, 0.3) is 0 Å². The van der Waals surface area contributed by atoms with Gasteiger partial charge < -0.3 is 5.11 Å². The molecule has 4 nitrogen and oxygen atoms in total. The topological polar surface area (TPSA) is 63.1 Å². The molecule has 0 aliphatic heterocycles. The molecule has 0 bridgehead atoms. The number of hydrogen-bond acceptors (Lipinski definition) is 5.